The van der Waals surface area contributed by atoms with E-state index in [-0.39, 0.29) is 0 Å². The Balaban J connectivity index is 1.50. The molecule has 0 saturated carbocycles. The van der Waals surface area contributed by atoms with Crippen LogP contribution in [0.15, 0.2) is 36.5 Å². The minimum atomic E-state index is 0.527. The summed E-state index contributed by atoms with van der Waals surface area (Å²) in [6, 6.07) is 10.2. The van der Waals surface area contributed by atoms with Gasteiger partial charge >= 0.3 is 0 Å². The molecule has 2 aromatic rings. The minimum absolute atomic E-state index is 0.527. The van der Waals surface area contributed by atoms with Crippen LogP contribution in [0.5, 0.6) is 0 Å². The van der Waals surface area contributed by atoms with Gasteiger partial charge in [-0.1, -0.05) is 23.4 Å². The summed E-state index contributed by atoms with van der Waals surface area (Å²) >= 11 is 0. The first-order valence-corrected chi connectivity index (χ1v) is 7.31. The number of nitrogens with zero attached hydrogens (tertiary/aromatic N) is 3. The summed E-state index contributed by atoms with van der Waals surface area (Å²) in [4.78, 5) is 0. The summed E-state index contributed by atoms with van der Waals surface area (Å²) in [6.07, 6.45) is 4.53. The Morgan fingerprint density at radius 3 is 3.00 bits per heavy atom. The summed E-state index contributed by atoms with van der Waals surface area (Å²) in [6.45, 7) is 3.85. The number of hydrogen-bond acceptors (Lipinski definition) is 4. The third-order valence-electron chi connectivity index (χ3n) is 3.72. The summed E-state index contributed by atoms with van der Waals surface area (Å²) < 4.78 is 1.93. The lowest BCUT2D eigenvalue weighted by atomic mass is 9.97. The van der Waals surface area contributed by atoms with Crippen LogP contribution in [0.25, 0.3) is 0 Å². The molecule has 106 valence electrons. The molecule has 5 heteroatoms. The van der Waals surface area contributed by atoms with Crippen molar-refractivity contribution in [3.63, 3.8) is 0 Å². The number of nitrogens with one attached hydrogen (secondary N) is 2. The molecule has 20 heavy (non-hydrogen) atoms. The van der Waals surface area contributed by atoms with E-state index in [4.69, 9.17) is 0 Å². The number of aromatic nitrogens is 3. The molecule has 1 atom stereocenters. The summed E-state index contributed by atoms with van der Waals surface area (Å²) in [7, 11) is 0. The van der Waals surface area contributed by atoms with Crippen molar-refractivity contribution in [1.82, 2.24) is 20.3 Å². The van der Waals surface area contributed by atoms with Gasteiger partial charge in [-0.2, -0.15) is 0 Å². The first-order chi connectivity index (χ1) is 9.92. The third-order valence-corrected chi connectivity index (χ3v) is 3.72. The second kappa shape index (κ2) is 6.52. The Morgan fingerprint density at radius 1 is 1.30 bits per heavy atom. The lowest BCUT2D eigenvalue weighted by molar-refractivity contribution is 0.454. The quantitative estimate of drug-likeness (QED) is 0.871. The second-order valence-corrected chi connectivity index (χ2v) is 5.24. The minimum Gasteiger partial charge on any atom is -0.383 e. The summed E-state index contributed by atoms with van der Waals surface area (Å²) in [5.41, 5.74) is 2.27. The average Bonchev–Trinajstić information content (AvgIpc) is 2.98. The van der Waals surface area contributed by atoms with Gasteiger partial charge < -0.3 is 10.6 Å². The number of anilines is 1. The molecule has 1 aromatic heterocycles. The van der Waals surface area contributed by atoms with Crippen molar-refractivity contribution in [2.45, 2.75) is 25.3 Å². The van der Waals surface area contributed by atoms with Crippen LogP contribution >= 0.6 is 0 Å². The van der Waals surface area contributed by atoms with E-state index in [9.17, 15) is 0 Å². The standard InChI is InChI=1S/C15H21N5/c1-2-6-14(7-3-1)17-9-10-20-12-15(18-19-20)13-5-4-8-16-11-13/h1-3,6-7,12-13,16-17H,4-5,8-11H2/t13-/m0/s1. The van der Waals surface area contributed by atoms with Crippen molar-refractivity contribution < 1.29 is 0 Å². The average molecular weight is 271 g/mol. The molecule has 0 radical (unpaired) electrons. The molecule has 0 amide bonds. The van der Waals surface area contributed by atoms with Gasteiger partial charge in [-0.3, -0.25) is 4.68 Å². The van der Waals surface area contributed by atoms with Gasteiger partial charge in [-0.15, -0.1) is 5.10 Å². The molecule has 2 N–H and O–H groups in total. The SMILES string of the molecule is c1ccc(NCCn2cc([C@H]3CCCNC3)nn2)cc1. The zero-order valence-corrected chi connectivity index (χ0v) is 11.6. The van der Waals surface area contributed by atoms with Gasteiger partial charge in [0.05, 0.1) is 12.2 Å². The molecule has 0 unspecified atom stereocenters. The van der Waals surface area contributed by atoms with E-state index in [2.05, 4.69) is 39.3 Å². The molecule has 1 fully saturated rings. The van der Waals surface area contributed by atoms with E-state index < -0.39 is 0 Å². The maximum Gasteiger partial charge on any atom is 0.0870 e. The smallest absolute Gasteiger partial charge is 0.0870 e. The highest BCUT2D eigenvalue weighted by Crippen LogP contribution is 2.20. The lowest BCUT2D eigenvalue weighted by Gasteiger charge is -2.20. The van der Waals surface area contributed by atoms with E-state index in [1.165, 1.54) is 12.8 Å². The van der Waals surface area contributed by atoms with E-state index in [1.54, 1.807) is 0 Å². The molecule has 0 spiro atoms. The molecule has 1 aliphatic rings. The topological polar surface area (TPSA) is 54.8 Å². The number of para-hydroxylation sites is 1. The van der Waals surface area contributed by atoms with Gasteiger partial charge in [-0.25, -0.2) is 0 Å². The predicted molar refractivity (Wildman–Crippen MR) is 79.8 cm³/mol. The molecule has 0 bridgehead atoms. The zero-order valence-electron chi connectivity index (χ0n) is 11.6. The van der Waals surface area contributed by atoms with Crippen molar-refractivity contribution in [2.24, 2.45) is 0 Å². The number of hydrogen-bond donors (Lipinski definition) is 2. The van der Waals surface area contributed by atoms with E-state index in [0.29, 0.717) is 5.92 Å². The third kappa shape index (κ3) is 3.36. The van der Waals surface area contributed by atoms with Crippen molar-refractivity contribution in [3.05, 3.63) is 42.2 Å². The first kappa shape index (κ1) is 13.1. The fraction of sp³-hybridized carbons (Fsp3) is 0.467. The van der Waals surface area contributed by atoms with Crippen LogP contribution in [0.4, 0.5) is 5.69 Å². The van der Waals surface area contributed by atoms with Crippen LogP contribution in [0, 0.1) is 0 Å². The number of piperidine rings is 1. The summed E-state index contributed by atoms with van der Waals surface area (Å²) in [5.74, 6) is 0.527. The second-order valence-electron chi connectivity index (χ2n) is 5.24. The number of benzene rings is 1. The van der Waals surface area contributed by atoms with E-state index >= 15 is 0 Å². The van der Waals surface area contributed by atoms with Crippen LogP contribution in [-0.4, -0.2) is 34.6 Å². The number of rotatable bonds is 5. The van der Waals surface area contributed by atoms with Crippen molar-refractivity contribution in [1.29, 1.82) is 0 Å². The molecular weight excluding hydrogens is 250 g/mol. The molecule has 2 heterocycles. The van der Waals surface area contributed by atoms with Crippen molar-refractivity contribution in [3.8, 4) is 0 Å². The molecule has 1 aliphatic heterocycles. The van der Waals surface area contributed by atoms with Gasteiger partial charge in [-0.05, 0) is 31.5 Å². The van der Waals surface area contributed by atoms with Crippen LogP contribution in [0.1, 0.15) is 24.5 Å². The van der Waals surface area contributed by atoms with Gasteiger partial charge in [0.15, 0.2) is 0 Å². The Hall–Kier alpha value is -1.88. The Kier molecular flexibility index (Phi) is 4.28. The van der Waals surface area contributed by atoms with Crippen molar-refractivity contribution in [2.75, 3.05) is 25.0 Å². The Labute approximate surface area is 119 Å². The highest BCUT2D eigenvalue weighted by Gasteiger charge is 2.17. The van der Waals surface area contributed by atoms with Gasteiger partial charge in [0, 0.05) is 30.9 Å². The Bertz CT molecular complexity index is 516. The van der Waals surface area contributed by atoms with Crippen LogP contribution in [-0.2, 0) is 6.54 Å². The Morgan fingerprint density at radius 2 is 2.20 bits per heavy atom. The largest absolute Gasteiger partial charge is 0.383 e. The highest BCUT2D eigenvalue weighted by molar-refractivity contribution is 5.42. The first-order valence-electron chi connectivity index (χ1n) is 7.31. The monoisotopic (exact) mass is 271 g/mol. The fourth-order valence-electron chi connectivity index (χ4n) is 2.58. The molecule has 1 aromatic carbocycles. The maximum absolute atomic E-state index is 4.31. The zero-order chi connectivity index (χ0) is 13.6. The van der Waals surface area contributed by atoms with Gasteiger partial charge in [0.1, 0.15) is 0 Å². The van der Waals surface area contributed by atoms with Gasteiger partial charge in [0.25, 0.3) is 0 Å². The molecule has 3 rings (SSSR count). The van der Waals surface area contributed by atoms with Crippen molar-refractivity contribution >= 4 is 5.69 Å². The van der Waals surface area contributed by atoms with Crippen LogP contribution in [0.3, 0.4) is 0 Å². The van der Waals surface area contributed by atoms with Crippen LogP contribution in [0.2, 0.25) is 0 Å². The predicted octanol–water partition coefficient (Wildman–Crippen LogP) is 1.86. The lowest BCUT2D eigenvalue weighted by Crippen LogP contribution is -2.28. The molecular formula is C15H21N5. The molecule has 5 nitrogen and oxygen atoms in total. The fourth-order valence-corrected chi connectivity index (χ4v) is 2.58. The highest BCUT2D eigenvalue weighted by atomic mass is 15.4. The summed E-state index contributed by atoms with van der Waals surface area (Å²) in [5, 5.41) is 15.3. The normalized spacial score (nSPS) is 18.9. The van der Waals surface area contributed by atoms with Crippen LogP contribution < -0.4 is 10.6 Å². The van der Waals surface area contributed by atoms with E-state index in [0.717, 1.165) is 37.6 Å². The molecule has 0 aliphatic carbocycles. The molecule has 1 saturated heterocycles. The van der Waals surface area contributed by atoms with Gasteiger partial charge in [0.2, 0.25) is 0 Å². The van der Waals surface area contributed by atoms with E-state index in [1.807, 2.05) is 22.9 Å². The maximum atomic E-state index is 4.31.